The van der Waals surface area contributed by atoms with Gasteiger partial charge in [-0.15, -0.1) is 0 Å². The number of hydrogen-bond donors (Lipinski definition) is 1. The van der Waals surface area contributed by atoms with Crippen molar-refractivity contribution >= 4 is 5.91 Å². The lowest BCUT2D eigenvalue weighted by Crippen LogP contribution is -2.28. The molecule has 0 aliphatic heterocycles. The van der Waals surface area contributed by atoms with E-state index < -0.39 is 29.3 Å². The highest BCUT2D eigenvalue weighted by Gasteiger charge is 2.24. The van der Waals surface area contributed by atoms with Gasteiger partial charge in [0.2, 0.25) is 0 Å². The normalized spacial score (nSPS) is 11.3. The third-order valence-corrected chi connectivity index (χ3v) is 3.79. The average molecular weight is 364 g/mol. The van der Waals surface area contributed by atoms with Gasteiger partial charge >= 0.3 is 0 Å². The number of para-hydroxylation sites is 1. The first-order valence-corrected chi connectivity index (χ1v) is 8.06. The van der Waals surface area contributed by atoms with Crippen LogP contribution in [0.3, 0.4) is 0 Å². The van der Waals surface area contributed by atoms with E-state index in [0.717, 1.165) is 12.1 Å². The van der Waals surface area contributed by atoms with Crippen LogP contribution >= 0.6 is 0 Å². The average Bonchev–Trinajstić information content (AvgIpc) is 2.71. The fourth-order valence-corrected chi connectivity index (χ4v) is 2.45. The van der Waals surface area contributed by atoms with Gasteiger partial charge in [-0.3, -0.25) is 4.79 Å². The summed E-state index contributed by atoms with van der Waals surface area (Å²) in [6.45, 7) is 0. The number of carbonyl (C=O) groups is 1. The Balaban J connectivity index is 1.89. The lowest BCUT2D eigenvalue weighted by atomic mass is 10.1. The van der Waals surface area contributed by atoms with E-state index in [4.69, 9.17) is 4.74 Å². The van der Waals surface area contributed by atoms with E-state index >= 15 is 0 Å². The van der Waals surface area contributed by atoms with E-state index in [1.807, 2.05) is 6.07 Å². The zero-order chi connectivity index (χ0) is 19.2. The molecule has 0 saturated carbocycles. The molecule has 0 fully saturated rings. The van der Waals surface area contributed by atoms with Crippen LogP contribution in [0, 0.1) is 23.0 Å². The Morgan fingerprint density at radius 2 is 1.59 bits per heavy atom. The van der Waals surface area contributed by atoms with Gasteiger partial charge in [-0.05, 0) is 36.4 Å². The molecule has 0 aromatic heterocycles. The molecule has 1 atom stereocenters. The fourth-order valence-electron chi connectivity index (χ4n) is 2.45. The van der Waals surface area contributed by atoms with Crippen molar-refractivity contribution in [2.24, 2.45) is 0 Å². The van der Waals surface area contributed by atoms with Crippen LogP contribution in [0.15, 0.2) is 72.8 Å². The lowest BCUT2D eigenvalue weighted by Gasteiger charge is -2.16. The van der Waals surface area contributed by atoms with Crippen LogP contribution in [0.2, 0.25) is 0 Å². The van der Waals surface area contributed by atoms with E-state index in [0.29, 0.717) is 5.56 Å². The molecule has 0 radical (unpaired) electrons. The van der Waals surface area contributed by atoms with E-state index in [9.17, 15) is 18.8 Å². The molecule has 0 aliphatic rings. The number of nitrogens with one attached hydrogen (secondary N) is 1. The Hall–Kier alpha value is -3.72. The third-order valence-electron chi connectivity index (χ3n) is 3.79. The summed E-state index contributed by atoms with van der Waals surface area (Å²) in [6, 6.07) is 19.0. The minimum Gasteiger partial charge on any atom is -0.451 e. The minimum atomic E-state index is -1.31. The summed E-state index contributed by atoms with van der Waals surface area (Å²) in [6.07, 6.45) is 0. The molecule has 0 aliphatic carbocycles. The highest BCUT2D eigenvalue weighted by Crippen LogP contribution is 2.32. The SMILES string of the molecule is N#CC(NC(=O)c1ccccc1)c1ccc(F)c(Oc2ccccc2)c1F. The topological polar surface area (TPSA) is 62.1 Å². The van der Waals surface area contributed by atoms with Crippen LogP contribution in [0.5, 0.6) is 11.5 Å². The molecule has 1 amide bonds. The smallest absolute Gasteiger partial charge is 0.252 e. The Kier molecular flexibility index (Phi) is 5.43. The van der Waals surface area contributed by atoms with Gasteiger partial charge in [0.25, 0.3) is 5.91 Å². The van der Waals surface area contributed by atoms with Crippen LogP contribution in [0.4, 0.5) is 8.78 Å². The number of amides is 1. The molecule has 3 aromatic rings. The maximum Gasteiger partial charge on any atom is 0.252 e. The van der Waals surface area contributed by atoms with Gasteiger partial charge in [-0.1, -0.05) is 36.4 Å². The van der Waals surface area contributed by atoms with Crippen LogP contribution in [-0.4, -0.2) is 5.91 Å². The van der Waals surface area contributed by atoms with Gasteiger partial charge in [0.15, 0.2) is 17.4 Å². The second kappa shape index (κ2) is 8.11. The largest absolute Gasteiger partial charge is 0.451 e. The first kappa shape index (κ1) is 18.1. The Morgan fingerprint density at radius 3 is 2.22 bits per heavy atom. The van der Waals surface area contributed by atoms with Crippen molar-refractivity contribution in [2.75, 3.05) is 0 Å². The third kappa shape index (κ3) is 4.10. The monoisotopic (exact) mass is 364 g/mol. The summed E-state index contributed by atoms with van der Waals surface area (Å²) in [5, 5.41) is 11.8. The zero-order valence-corrected chi connectivity index (χ0v) is 14.0. The molecule has 0 heterocycles. The fraction of sp³-hybridized carbons (Fsp3) is 0.0476. The number of halogens is 2. The lowest BCUT2D eigenvalue weighted by molar-refractivity contribution is 0.0944. The van der Waals surface area contributed by atoms with Gasteiger partial charge in [-0.2, -0.15) is 5.26 Å². The molecule has 6 heteroatoms. The summed E-state index contributed by atoms with van der Waals surface area (Å²) in [5.41, 5.74) is 0.134. The summed E-state index contributed by atoms with van der Waals surface area (Å²) >= 11 is 0. The van der Waals surface area contributed by atoms with Crippen molar-refractivity contribution < 1.29 is 18.3 Å². The number of benzene rings is 3. The summed E-state index contributed by atoms with van der Waals surface area (Å²) in [7, 11) is 0. The predicted octanol–water partition coefficient (Wildman–Crippen LogP) is 4.75. The Bertz CT molecular complexity index is 986. The Morgan fingerprint density at radius 1 is 0.963 bits per heavy atom. The van der Waals surface area contributed by atoms with E-state index in [-0.39, 0.29) is 11.3 Å². The molecule has 1 N–H and O–H groups in total. The van der Waals surface area contributed by atoms with E-state index in [2.05, 4.69) is 5.32 Å². The molecule has 134 valence electrons. The highest BCUT2D eigenvalue weighted by molar-refractivity contribution is 5.94. The maximum atomic E-state index is 14.8. The molecule has 27 heavy (non-hydrogen) atoms. The summed E-state index contributed by atoms with van der Waals surface area (Å²) in [4.78, 5) is 12.3. The van der Waals surface area contributed by atoms with Crippen LogP contribution < -0.4 is 10.1 Å². The molecule has 3 rings (SSSR count). The highest BCUT2D eigenvalue weighted by atomic mass is 19.1. The van der Waals surface area contributed by atoms with Crippen molar-refractivity contribution in [3.63, 3.8) is 0 Å². The van der Waals surface area contributed by atoms with Crippen molar-refractivity contribution in [2.45, 2.75) is 6.04 Å². The molecule has 1 unspecified atom stereocenters. The number of rotatable bonds is 5. The zero-order valence-electron chi connectivity index (χ0n) is 14.0. The maximum absolute atomic E-state index is 14.8. The molecule has 0 bridgehead atoms. The predicted molar refractivity (Wildman–Crippen MR) is 95.1 cm³/mol. The molecule has 0 saturated heterocycles. The van der Waals surface area contributed by atoms with Gasteiger partial charge in [0, 0.05) is 11.1 Å². The van der Waals surface area contributed by atoms with Crippen LogP contribution in [0.25, 0.3) is 0 Å². The minimum absolute atomic E-state index is 0.186. The molecule has 3 aromatic carbocycles. The molecule has 4 nitrogen and oxygen atoms in total. The number of nitrogens with zero attached hydrogens (tertiary/aromatic N) is 1. The number of ether oxygens (including phenoxy) is 1. The van der Waals surface area contributed by atoms with Crippen molar-refractivity contribution in [1.29, 1.82) is 5.26 Å². The van der Waals surface area contributed by atoms with Gasteiger partial charge in [-0.25, -0.2) is 8.78 Å². The standard InChI is InChI=1S/C21H14F2N2O2/c22-17-12-11-16(19(23)20(17)27-15-9-5-2-6-10-15)18(13-24)25-21(26)14-7-3-1-4-8-14/h1-12,18H,(H,25,26). The van der Waals surface area contributed by atoms with E-state index in [1.165, 1.54) is 0 Å². The molecular weight excluding hydrogens is 350 g/mol. The van der Waals surface area contributed by atoms with Crippen molar-refractivity contribution in [1.82, 2.24) is 5.32 Å². The second-order valence-corrected chi connectivity index (χ2v) is 5.60. The van der Waals surface area contributed by atoms with Gasteiger partial charge < -0.3 is 10.1 Å². The van der Waals surface area contributed by atoms with Crippen molar-refractivity contribution in [3.8, 4) is 17.6 Å². The van der Waals surface area contributed by atoms with Gasteiger partial charge in [0.05, 0.1) is 6.07 Å². The molecular formula is C21H14F2N2O2. The van der Waals surface area contributed by atoms with E-state index in [1.54, 1.807) is 60.7 Å². The van der Waals surface area contributed by atoms with Crippen LogP contribution in [0.1, 0.15) is 22.0 Å². The molecule has 0 spiro atoms. The second-order valence-electron chi connectivity index (χ2n) is 5.60. The van der Waals surface area contributed by atoms with Crippen LogP contribution in [-0.2, 0) is 0 Å². The van der Waals surface area contributed by atoms with Crippen molar-refractivity contribution in [3.05, 3.63) is 95.6 Å². The number of carbonyl (C=O) groups excluding carboxylic acids is 1. The first-order chi connectivity index (χ1) is 13.1. The summed E-state index contributed by atoms with van der Waals surface area (Å²) in [5.74, 6) is -2.89. The Labute approximate surface area is 154 Å². The summed E-state index contributed by atoms with van der Waals surface area (Å²) < 4.78 is 34.2. The number of hydrogen-bond acceptors (Lipinski definition) is 3. The first-order valence-electron chi connectivity index (χ1n) is 8.06. The van der Waals surface area contributed by atoms with Gasteiger partial charge in [0.1, 0.15) is 11.8 Å². The number of nitriles is 1. The quantitative estimate of drug-likeness (QED) is 0.710.